The van der Waals surface area contributed by atoms with Crippen molar-refractivity contribution in [3.8, 4) is 11.3 Å². The van der Waals surface area contributed by atoms with Gasteiger partial charge >= 0.3 is 6.09 Å². The molecule has 0 radical (unpaired) electrons. The number of nitrogens with zero attached hydrogens (tertiary/aromatic N) is 4. The number of carbonyl (C=O) groups is 1. The van der Waals surface area contributed by atoms with E-state index in [-0.39, 0.29) is 40.8 Å². The molecular formula is C20H24FN5O3. The van der Waals surface area contributed by atoms with Crippen LogP contribution >= 0.6 is 0 Å². The summed E-state index contributed by atoms with van der Waals surface area (Å²) < 4.78 is 20.9. The van der Waals surface area contributed by atoms with E-state index in [0.717, 1.165) is 6.20 Å². The maximum Gasteiger partial charge on any atom is 0.410 e. The fourth-order valence-corrected chi connectivity index (χ4v) is 3.75. The summed E-state index contributed by atoms with van der Waals surface area (Å²) >= 11 is 0. The highest BCUT2D eigenvalue weighted by Gasteiger charge is 2.57. The van der Waals surface area contributed by atoms with E-state index in [0.29, 0.717) is 19.0 Å². The van der Waals surface area contributed by atoms with Crippen LogP contribution in [0.3, 0.4) is 0 Å². The van der Waals surface area contributed by atoms with Crippen molar-refractivity contribution < 1.29 is 13.9 Å². The molecule has 0 spiro atoms. The fraction of sp³-hybridized carbons (Fsp3) is 0.500. The van der Waals surface area contributed by atoms with Gasteiger partial charge in [0.1, 0.15) is 5.60 Å². The van der Waals surface area contributed by atoms with Gasteiger partial charge in [-0.1, -0.05) is 0 Å². The first-order chi connectivity index (χ1) is 13.6. The van der Waals surface area contributed by atoms with Crippen LogP contribution in [0.2, 0.25) is 0 Å². The Morgan fingerprint density at radius 1 is 1.31 bits per heavy atom. The number of fused-ring (bicyclic) bond motifs is 1. The molecule has 3 heterocycles. The summed E-state index contributed by atoms with van der Waals surface area (Å²) in [6, 6.07) is 2.91. The minimum absolute atomic E-state index is 0.115. The minimum atomic E-state index is -0.532. The van der Waals surface area contributed by atoms with Crippen LogP contribution in [-0.2, 0) is 11.8 Å². The molecule has 154 valence electrons. The molecule has 1 N–H and O–H groups in total. The molecule has 1 aliphatic heterocycles. The number of nitrogens with one attached hydrogen (secondary N) is 1. The van der Waals surface area contributed by atoms with Gasteiger partial charge in [-0.15, -0.1) is 0 Å². The Hall–Kier alpha value is -2.97. The van der Waals surface area contributed by atoms with Crippen molar-refractivity contribution in [1.82, 2.24) is 19.4 Å². The molecule has 1 saturated heterocycles. The highest BCUT2D eigenvalue weighted by Crippen LogP contribution is 2.47. The van der Waals surface area contributed by atoms with Gasteiger partial charge in [-0.05, 0) is 26.8 Å². The van der Waals surface area contributed by atoms with Gasteiger partial charge in [0.25, 0.3) is 5.56 Å². The third-order valence-corrected chi connectivity index (χ3v) is 5.32. The van der Waals surface area contributed by atoms with E-state index in [2.05, 4.69) is 15.3 Å². The predicted molar refractivity (Wildman–Crippen MR) is 105 cm³/mol. The largest absolute Gasteiger partial charge is 0.444 e. The van der Waals surface area contributed by atoms with Crippen LogP contribution in [0.15, 0.2) is 29.3 Å². The Labute approximate surface area is 167 Å². The summed E-state index contributed by atoms with van der Waals surface area (Å²) in [6.45, 7) is 6.73. The first-order valence-electron chi connectivity index (χ1n) is 9.56. The van der Waals surface area contributed by atoms with Crippen molar-refractivity contribution in [2.45, 2.75) is 32.4 Å². The average molecular weight is 401 g/mol. The molecule has 2 atom stereocenters. The van der Waals surface area contributed by atoms with Gasteiger partial charge in [0, 0.05) is 55.8 Å². The van der Waals surface area contributed by atoms with E-state index in [4.69, 9.17) is 4.74 Å². The topological polar surface area (TPSA) is 89.3 Å². The van der Waals surface area contributed by atoms with Gasteiger partial charge in [0.2, 0.25) is 5.95 Å². The summed E-state index contributed by atoms with van der Waals surface area (Å²) in [5.41, 5.74) is -0.314. The van der Waals surface area contributed by atoms with Gasteiger partial charge in [0.05, 0.1) is 11.9 Å². The normalized spacial score (nSPS) is 22.9. The molecule has 1 saturated carbocycles. The van der Waals surface area contributed by atoms with Gasteiger partial charge in [-0.3, -0.25) is 14.3 Å². The molecule has 2 aliphatic rings. The number of ether oxygens (including phenoxy) is 1. The standard InChI is InChI=1S/C20H24FN5O3/c1-20(2,3)29-19(28)26-9-12-13(10-26)17(12)24-18-23-15(7-16(27)25(18)4)11-5-6-22-8-14(11)21/h5-8,12-13,17H,9-10H2,1-4H3,(H,23,24). The maximum atomic E-state index is 14.1. The molecule has 29 heavy (non-hydrogen) atoms. The number of piperidine rings is 1. The van der Waals surface area contributed by atoms with Crippen molar-refractivity contribution in [2.24, 2.45) is 18.9 Å². The highest BCUT2D eigenvalue weighted by molar-refractivity contribution is 5.69. The molecule has 0 bridgehead atoms. The number of likely N-dealkylation sites (tertiary alicyclic amines) is 1. The number of aromatic nitrogens is 3. The number of halogens is 1. The molecule has 8 nitrogen and oxygen atoms in total. The Bertz CT molecular complexity index is 1000. The van der Waals surface area contributed by atoms with Crippen LogP contribution in [0.1, 0.15) is 20.8 Å². The van der Waals surface area contributed by atoms with Gasteiger partial charge < -0.3 is 15.0 Å². The van der Waals surface area contributed by atoms with Crippen LogP contribution in [0.5, 0.6) is 0 Å². The van der Waals surface area contributed by atoms with Gasteiger partial charge in [-0.25, -0.2) is 14.2 Å². The Morgan fingerprint density at radius 2 is 2.00 bits per heavy atom. The second-order valence-electron chi connectivity index (χ2n) is 8.60. The zero-order valence-electron chi connectivity index (χ0n) is 16.8. The smallest absolute Gasteiger partial charge is 0.410 e. The maximum absolute atomic E-state index is 14.1. The quantitative estimate of drug-likeness (QED) is 0.849. The van der Waals surface area contributed by atoms with Crippen LogP contribution in [0.4, 0.5) is 15.1 Å². The summed E-state index contributed by atoms with van der Waals surface area (Å²) in [5, 5.41) is 3.30. The van der Waals surface area contributed by atoms with Gasteiger partial charge in [-0.2, -0.15) is 0 Å². The first kappa shape index (κ1) is 19.4. The zero-order chi connectivity index (χ0) is 20.9. The number of hydrogen-bond acceptors (Lipinski definition) is 6. The molecule has 9 heteroatoms. The minimum Gasteiger partial charge on any atom is -0.444 e. The van der Waals surface area contributed by atoms with E-state index in [9.17, 15) is 14.0 Å². The lowest BCUT2D eigenvalue weighted by atomic mass is 10.2. The predicted octanol–water partition coefficient (Wildman–Crippen LogP) is 2.26. The van der Waals surface area contributed by atoms with E-state index in [1.807, 2.05) is 20.8 Å². The lowest BCUT2D eigenvalue weighted by molar-refractivity contribution is 0.0272. The molecule has 2 aromatic rings. The number of pyridine rings is 1. The third kappa shape index (κ3) is 3.81. The molecule has 1 aliphatic carbocycles. The molecular weight excluding hydrogens is 377 g/mol. The van der Waals surface area contributed by atoms with E-state index in [1.165, 1.54) is 22.9 Å². The van der Waals surface area contributed by atoms with Crippen LogP contribution in [-0.4, -0.2) is 50.3 Å². The number of carbonyl (C=O) groups excluding carboxylic acids is 1. The van der Waals surface area contributed by atoms with Crippen molar-refractivity contribution in [1.29, 1.82) is 0 Å². The molecule has 1 amide bonds. The Balaban J connectivity index is 1.47. The van der Waals surface area contributed by atoms with Crippen molar-refractivity contribution in [3.63, 3.8) is 0 Å². The summed E-state index contributed by atoms with van der Waals surface area (Å²) in [7, 11) is 1.62. The van der Waals surface area contributed by atoms with Crippen molar-refractivity contribution >= 4 is 12.0 Å². The van der Waals surface area contributed by atoms with Crippen LogP contribution < -0.4 is 10.9 Å². The van der Waals surface area contributed by atoms with Crippen molar-refractivity contribution in [2.75, 3.05) is 18.4 Å². The van der Waals surface area contributed by atoms with E-state index in [1.54, 1.807) is 11.9 Å². The third-order valence-electron chi connectivity index (χ3n) is 5.32. The SMILES string of the molecule is Cn1c(NC2C3CN(C(=O)OC(C)(C)C)CC32)nc(-c2ccncc2F)cc1=O. The molecule has 2 unspecified atom stereocenters. The molecule has 0 aromatic carbocycles. The monoisotopic (exact) mass is 401 g/mol. The van der Waals surface area contributed by atoms with Crippen LogP contribution in [0.25, 0.3) is 11.3 Å². The first-order valence-corrected chi connectivity index (χ1v) is 9.56. The lowest BCUT2D eigenvalue weighted by Gasteiger charge is -2.26. The summed E-state index contributed by atoms with van der Waals surface area (Å²) in [6.07, 6.45) is 2.25. The Morgan fingerprint density at radius 3 is 2.62 bits per heavy atom. The van der Waals surface area contributed by atoms with Crippen LogP contribution in [0, 0.1) is 17.7 Å². The van der Waals surface area contributed by atoms with Crippen molar-refractivity contribution in [3.05, 3.63) is 40.7 Å². The molecule has 2 aromatic heterocycles. The fourth-order valence-electron chi connectivity index (χ4n) is 3.75. The number of hydrogen-bond donors (Lipinski definition) is 1. The van der Waals surface area contributed by atoms with E-state index >= 15 is 0 Å². The Kier molecular flexibility index (Phi) is 4.55. The second-order valence-corrected chi connectivity index (χ2v) is 8.60. The average Bonchev–Trinajstić information content (AvgIpc) is 3.07. The number of anilines is 1. The van der Waals surface area contributed by atoms with E-state index < -0.39 is 11.4 Å². The molecule has 2 fully saturated rings. The highest BCUT2D eigenvalue weighted by atomic mass is 19.1. The molecule has 4 rings (SSSR count). The summed E-state index contributed by atoms with van der Waals surface area (Å²) in [4.78, 5) is 34.5. The zero-order valence-corrected chi connectivity index (χ0v) is 16.8. The second kappa shape index (κ2) is 6.82. The lowest BCUT2D eigenvalue weighted by Crippen LogP contribution is -2.38. The number of amides is 1. The summed E-state index contributed by atoms with van der Waals surface area (Å²) in [5.74, 6) is 0.406. The van der Waals surface area contributed by atoms with Gasteiger partial charge in [0.15, 0.2) is 5.82 Å². The number of rotatable bonds is 3.